The van der Waals surface area contributed by atoms with E-state index in [1.54, 1.807) is 18.9 Å². The number of carbonyl (C=O) groups is 3. The number of ether oxygens (including phenoxy) is 2. The smallest absolute Gasteiger partial charge is 0.377 e. The number of anilines is 1. The number of rotatable bonds is 17. The van der Waals surface area contributed by atoms with Crippen molar-refractivity contribution in [1.29, 1.82) is 0 Å². The fraction of sp³-hybridized carbons (Fsp3) is 0.349. The van der Waals surface area contributed by atoms with E-state index in [0.717, 1.165) is 34.6 Å². The summed E-state index contributed by atoms with van der Waals surface area (Å²) in [6.45, 7) is 6.02. The van der Waals surface area contributed by atoms with Gasteiger partial charge in [-0.2, -0.15) is 13.2 Å². The molecule has 2 heterocycles. The molecule has 56 heavy (non-hydrogen) atoms. The second-order valence-electron chi connectivity index (χ2n) is 13.5. The quantitative estimate of drug-likeness (QED) is 0.0945. The minimum atomic E-state index is -4.59. The number of carbonyl (C=O) groups excluding carboxylic acids is 3. The zero-order valence-corrected chi connectivity index (χ0v) is 31.7. The van der Waals surface area contributed by atoms with Gasteiger partial charge < -0.3 is 29.1 Å². The van der Waals surface area contributed by atoms with Gasteiger partial charge in [0.15, 0.2) is 0 Å². The van der Waals surface area contributed by atoms with Crippen LogP contribution >= 0.6 is 0 Å². The second kappa shape index (κ2) is 20.4. The summed E-state index contributed by atoms with van der Waals surface area (Å²) in [5, 5.41) is 0. The Bertz CT molecular complexity index is 1870. The Morgan fingerprint density at radius 2 is 1.45 bits per heavy atom. The summed E-state index contributed by atoms with van der Waals surface area (Å²) in [6.07, 6.45) is -0.659. The van der Waals surface area contributed by atoms with Gasteiger partial charge in [-0.15, -0.1) is 0 Å². The first-order chi connectivity index (χ1) is 27.0. The molecule has 0 saturated carbocycles. The van der Waals surface area contributed by atoms with Gasteiger partial charge in [-0.3, -0.25) is 19.4 Å². The fourth-order valence-electron chi connectivity index (χ4n) is 6.28. The topological polar surface area (TPSA) is 95.5 Å². The molecule has 0 radical (unpaired) electrons. The zero-order chi connectivity index (χ0) is 39.9. The molecule has 1 saturated heterocycles. The number of piperazine rings is 1. The molecular formula is C43H48F3N5O5. The van der Waals surface area contributed by atoms with Gasteiger partial charge in [-0.25, -0.2) is 0 Å². The van der Waals surface area contributed by atoms with Crippen molar-refractivity contribution in [2.24, 2.45) is 0 Å². The second-order valence-corrected chi connectivity index (χ2v) is 13.5. The normalized spacial score (nSPS) is 13.8. The number of alkyl halides is 3. The van der Waals surface area contributed by atoms with Crippen LogP contribution in [-0.2, 0) is 49.6 Å². The minimum Gasteiger partial charge on any atom is -0.377 e. The van der Waals surface area contributed by atoms with E-state index in [4.69, 9.17) is 9.47 Å². The number of aromatic nitrogens is 1. The molecule has 0 spiro atoms. The van der Waals surface area contributed by atoms with E-state index in [9.17, 15) is 27.6 Å². The van der Waals surface area contributed by atoms with E-state index >= 15 is 0 Å². The van der Waals surface area contributed by atoms with Gasteiger partial charge in [0.2, 0.25) is 17.7 Å². The Morgan fingerprint density at radius 3 is 2.05 bits per heavy atom. The average Bonchev–Trinajstić information content (AvgIpc) is 3.21. The molecule has 5 rings (SSSR count). The van der Waals surface area contributed by atoms with Crippen molar-refractivity contribution < 1.29 is 37.0 Å². The van der Waals surface area contributed by atoms with Crippen LogP contribution in [-0.4, -0.2) is 103 Å². The predicted octanol–water partition coefficient (Wildman–Crippen LogP) is 6.11. The summed E-state index contributed by atoms with van der Waals surface area (Å²) in [5.41, 5.74) is 2.93. The number of likely N-dealkylation sites (N-methyl/N-ethyl adjacent to an activating group) is 1. The van der Waals surface area contributed by atoms with Crippen LogP contribution < -0.4 is 4.90 Å². The van der Waals surface area contributed by atoms with Crippen molar-refractivity contribution in [3.05, 3.63) is 137 Å². The van der Waals surface area contributed by atoms with E-state index in [1.807, 2.05) is 89.8 Å². The lowest BCUT2D eigenvalue weighted by molar-refractivity contribution is -0.143. The summed E-state index contributed by atoms with van der Waals surface area (Å²) in [4.78, 5) is 50.9. The van der Waals surface area contributed by atoms with Crippen LogP contribution in [0.5, 0.6) is 0 Å². The molecule has 13 heteroatoms. The van der Waals surface area contributed by atoms with Crippen LogP contribution in [0.15, 0.2) is 109 Å². The van der Waals surface area contributed by atoms with Crippen molar-refractivity contribution in [3.8, 4) is 0 Å². The van der Waals surface area contributed by atoms with Gasteiger partial charge in [-0.05, 0) is 46.5 Å². The highest BCUT2D eigenvalue weighted by molar-refractivity contribution is 5.95. The van der Waals surface area contributed by atoms with Gasteiger partial charge in [0.25, 0.3) is 0 Å². The summed E-state index contributed by atoms with van der Waals surface area (Å²) in [7, 11) is 1.67. The number of hydrogen-bond donors (Lipinski definition) is 0. The minimum absolute atomic E-state index is 0.0512. The number of nitrogens with zero attached hydrogens (tertiary/aromatic N) is 5. The third-order valence-electron chi connectivity index (χ3n) is 9.52. The van der Waals surface area contributed by atoms with Crippen molar-refractivity contribution in [2.75, 3.05) is 64.5 Å². The van der Waals surface area contributed by atoms with E-state index < -0.39 is 23.8 Å². The number of benzene rings is 3. The van der Waals surface area contributed by atoms with Gasteiger partial charge in [0.1, 0.15) is 11.7 Å². The Morgan fingerprint density at radius 1 is 0.804 bits per heavy atom. The largest absolute Gasteiger partial charge is 0.433 e. The number of amides is 3. The maximum atomic E-state index is 14.3. The van der Waals surface area contributed by atoms with E-state index in [-0.39, 0.29) is 37.9 Å². The van der Waals surface area contributed by atoms with Gasteiger partial charge >= 0.3 is 6.18 Å². The lowest BCUT2D eigenvalue weighted by atomic mass is 10.0. The molecule has 1 aliphatic rings. The van der Waals surface area contributed by atoms with Crippen molar-refractivity contribution in [2.45, 2.75) is 38.7 Å². The predicted molar refractivity (Wildman–Crippen MR) is 208 cm³/mol. The Labute approximate surface area is 326 Å². The molecule has 1 fully saturated rings. The molecule has 1 unspecified atom stereocenters. The summed E-state index contributed by atoms with van der Waals surface area (Å²) in [6, 6.07) is 28.1. The Kier molecular flexibility index (Phi) is 15.2. The third kappa shape index (κ3) is 12.5. The first-order valence-corrected chi connectivity index (χ1v) is 18.6. The summed E-state index contributed by atoms with van der Waals surface area (Å²) >= 11 is 0. The molecule has 1 atom stereocenters. The van der Waals surface area contributed by atoms with Gasteiger partial charge in [0, 0.05) is 77.6 Å². The fourth-order valence-corrected chi connectivity index (χ4v) is 6.28. The number of hydrogen-bond acceptors (Lipinski definition) is 7. The SMILES string of the molecule is CC(=O)N1CCN(c2ccc(CN(C(=O)C=Cc3ccc(C(F)(F)F)nc3)C(Cc3ccccc3)C(=O)N(C)CCOCCOCc3ccccc3)cc2)CC1. The molecule has 0 aliphatic carbocycles. The molecular weight excluding hydrogens is 723 g/mol. The third-order valence-corrected chi connectivity index (χ3v) is 9.52. The lowest BCUT2D eigenvalue weighted by Crippen LogP contribution is -2.51. The highest BCUT2D eigenvalue weighted by atomic mass is 19.4. The molecule has 0 N–H and O–H groups in total. The van der Waals surface area contributed by atoms with Crippen LogP contribution in [0.1, 0.15) is 34.9 Å². The zero-order valence-electron chi connectivity index (χ0n) is 31.7. The monoisotopic (exact) mass is 771 g/mol. The lowest BCUT2D eigenvalue weighted by Gasteiger charge is -2.36. The highest BCUT2D eigenvalue weighted by Crippen LogP contribution is 2.27. The summed E-state index contributed by atoms with van der Waals surface area (Å²) < 4.78 is 50.9. The number of pyridine rings is 1. The van der Waals surface area contributed by atoms with Crippen molar-refractivity contribution in [1.82, 2.24) is 19.7 Å². The molecule has 4 aromatic rings. The Hall–Kier alpha value is -5.53. The standard InChI is InChI=1S/C43H48F3N5O5/c1-33(52)49-21-23-50(24-22-49)38-17-13-36(14-18-38)31-51(41(53)20-16-35-15-19-40(47-30-35)43(44,45)46)39(29-34-9-5-3-6-10-34)42(54)48(2)25-26-55-27-28-56-32-37-11-7-4-8-12-37/h3-20,30,39H,21-29,31-32H2,1-2H3. The van der Waals surface area contributed by atoms with Gasteiger partial charge in [0.05, 0.1) is 26.4 Å². The van der Waals surface area contributed by atoms with E-state index in [1.165, 1.54) is 23.1 Å². The van der Waals surface area contributed by atoms with Crippen LogP contribution in [0.4, 0.5) is 18.9 Å². The Balaban J connectivity index is 1.32. The first kappa shape index (κ1) is 41.6. The van der Waals surface area contributed by atoms with Crippen LogP contribution in [0.2, 0.25) is 0 Å². The van der Waals surface area contributed by atoms with Crippen LogP contribution in [0, 0.1) is 0 Å². The molecule has 3 aromatic carbocycles. The number of halogens is 3. The summed E-state index contributed by atoms with van der Waals surface area (Å²) in [5.74, 6) is -0.741. The molecule has 3 amide bonds. The van der Waals surface area contributed by atoms with Gasteiger partial charge in [-0.1, -0.05) is 78.9 Å². The molecule has 10 nitrogen and oxygen atoms in total. The van der Waals surface area contributed by atoms with Crippen molar-refractivity contribution in [3.63, 3.8) is 0 Å². The molecule has 1 aliphatic heterocycles. The van der Waals surface area contributed by atoms with Crippen LogP contribution in [0.3, 0.4) is 0 Å². The highest BCUT2D eigenvalue weighted by Gasteiger charge is 2.33. The molecule has 1 aromatic heterocycles. The van der Waals surface area contributed by atoms with E-state index in [2.05, 4.69) is 9.88 Å². The maximum absolute atomic E-state index is 14.3. The molecule has 296 valence electrons. The maximum Gasteiger partial charge on any atom is 0.433 e. The van der Waals surface area contributed by atoms with Crippen LogP contribution in [0.25, 0.3) is 6.08 Å². The first-order valence-electron chi connectivity index (χ1n) is 18.6. The van der Waals surface area contributed by atoms with Crippen molar-refractivity contribution >= 4 is 29.5 Å². The molecule has 0 bridgehead atoms. The van der Waals surface area contributed by atoms with E-state index in [0.29, 0.717) is 51.6 Å². The average molecular weight is 772 g/mol.